The molecule has 1 aliphatic heterocycles. The predicted octanol–water partition coefficient (Wildman–Crippen LogP) is -1.55. The van der Waals surface area contributed by atoms with Crippen LogP contribution in [0.2, 0.25) is 0 Å². The molecule has 1 rings (SSSR count). The second-order valence-electron chi connectivity index (χ2n) is 5.27. The lowest BCUT2D eigenvalue weighted by molar-refractivity contribution is -0.144. The van der Waals surface area contributed by atoms with Crippen LogP contribution >= 0.6 is 0 Å². The molecule has 0 radical (unpaired) electrons. The Morgan fingerprint density at radius 3 is 2.38 bits per heavy atom. The first-order valence-electron chi connectivity index (χ1n) is 6.45. The van der Waals surface area contributed by atoms with Crippen LogP contribution in [0.1, 0.15) is 13.8 Å². The van der Waals surface area contributed by atoms with Crippen molar-refractivity contribution in [1.82, 2.24) is 20.4 Å². The van der Waals surface area contributed by atoms with Gasteiger partial charge in [-0.25, -0.2) is 4.79 Å². The van der Waals surface area contributed by atoms with E-state index in [1.807, 2.05) is 0 Å². The number of nitrogens with zero attached hydrogens (tertiary/aromatic N) is 2. The largest absolute Gasteiger partial charge is 0.480 e. The molecule has 21 heavy (non-hydrogen) atoms. The van der Waals surface area contributed by atoms with E-state index in [4.69, 9.17) is 5.11 Å². The Morgan fingerprint density at radius 2 is 1.81 bits per heavy atom. The lowest BCUT2D eigenvalue weighted by Gasteiger charge is -2.44. The minimum Gasteiger partial charge on any atom is -0.480 e. The minimum atomic E-state index is -1.17. The number of rotatable bonds is 4. The van der Waals surface area contributed by atoms with Crippen LogP contribution in [0.5, 0.6) is 0 Å². The van der Waals surface area contributed by atoms with Gasteiger partial charge in [-0.15, -0.1) is 0 Å². The highest BCUT2D eigenvalue weighted by atomic mass is 16.4. The number of piperazine rings is 1. The monoisotopic (exact) mass is 300 g/mol. The second-order valence-corrected chi connectivity index (χ2v) is 5.27. The summed E-state index contributed by atoms with van der Waals surface area (Å²) in [6.45, 7) is 3.19. The van der Waals surface area contributed by atoms with Gasteiger partial charge in [0.05, 0.1) is 6.54 Å². The third-order valence-electron chi connectivity index (χ3n) is 3.29. The Balaban J connectivity index is 2.54. The van der Waals surface area contributed by atoms with Gasteiger partial charge >= 0.3 is 12.0 Å². The van der Waals surface area contributed by atoms with Gasteiger partial charge in [-0.05, 0) is 13.8 Å². The smallest absolute Gasteiger partial charge is 0.322 e. The Morgan fingerprint density at radius 1 is 1.19 bits per heavy atom. The fourth-order valence-electron chi connectivity index (χ4n) is 2.06. The molecule has 0 bridgehead atoms. The summed E-state index contributed by atoms with van der Waals surface area (Å²) in [5.74, 6) is -1.95. The van der Waals surface area contributed by atoms with E-state index in [2.05, 4.69) is 10.6 Å². The normalized spacial score (nSPS) is 17.4. The number of carboxylic acids is 1. The summed E-state index contributed by atoms with van der Waals surface area (Å²) in [6.07, 6.45) is 0. The highest BCUT2D eigenvalue weighted by Crippen LogP contribution is 2.21. The number of likely N-dealkylation sites (N-methyl/N-ethyl adjacent to an activating group) is 1. The van der Waals surface area contributed by atoms with Crippen LogP contribution in [-0.2, 0) is 14.4 Å². The third kappa shape index (κ3) is 4.07. The van der Waals surface area contributed by atoms with E-state index in [9.17, 15) is 19.2 Å². The van der Waals surface area contributed by atoms with Crippen molar-refractivity contribution in [3.8, 4) is 0 Å². The van der Waals surface area contributed by atoms with Gasteiger partial charge in [0.2, 0.25) is 11.8 Å². The lowest BCUT2D eigenvalue weighted by atomic mass is 9.98. The summed E-state index contributed by atoms with van der Waals surface area (Å²) in [5, 5.41) is 12.9. The van der Waals surface area contributed by atoms with Crippen molar-refractivity contribution in [2.75, 3.05) is 33.2 Å². The molecular formula is C12H20N4O5. The highest BCUT2D eigenvalue weighted by Gasteiger charge is 2.42. The number of amides is 4. The highest BCUT2D eigenvalue weighted by molar-refractivity contribution is 5.92. The molecule has 9 nitrogen and oxygen atoms in total. The van der Waals surface area contributed by atoms with Gasteiger partial charge in [-0.2, -0.15) is 0 Å². The fourth-order valence-corrected chi connectivity index (χ4v) is 2.06. The van der Waals surface area contributed by atoms with Gasteiger partial charge in [0.1, 0.15) is 12.1 Å². The SMILES string of the molecule is CN1CCN(C(=O)NCC(=O)NCC(=O)O)C(C)(C)C1=O. The molecular weight excluding hydrogens is 280 g/mol. The van der Waals surface area contributed by atoms with Crippen LogP contribution in [0.3, 0.4) is 0 Å². The van der Waals surface area contributed by atoms with Gasteiger partial charge < -0.3 is 25.5 Å². The van der Waals surface area contributed by atoms with Crippen molar-refractivity contribution in [3.63, 3.8) is 0 Å². The molecule has 1 saturated heterocycles. The number of hydrogen-bond acceptors (Lipinski definition) is 4. The van der Waals surface area contributed by atoms with Crippen molar-refractivity contribution >= 4 is 23.8 Å². The second kappa shape index (κ2) is 6.42. The van der Waals surface area contributed by atoms with E-state index < -0.39 is 30.0 Å². The first-order valence-corrected chi connectivity index (χ1v) is 6.45. The molecule has 3 N–H and O–H groups in total. The number of carbonyl (C=O) groups is 4. The van der Waals surface area contributed by atoms with Crippen LogP contribution in [0.4, 0.5) is 4.79 Å². The summed E-state index contributed by atoms with van der Waals surface area (Å²) in [5.41, 5.74) is -0.991. The molecule has 0 spiro atoms. The maximum Gasteiger partial charge on any atom is 0.322 e. The molecule has 0 aliphatic carbocycles. The van der Waals surface area contributed by atoms with E-state index in [0.717, 1.165) is 0 Å². The summed E-state index contributed by atoms with van der Waals surface area (Å²) >= 11 is 0. The molecule has 0 aromatic rings. The van der Waals surface area contributed by atoms with Gasteiger partial charge in [-0.1, -0.05) is 0 Å². The van der Waals surface area contributed by atoms with Crippen LogP contribution in [0.15, 0.2) is 0 Å². The molecule has 1 heterocycles. The number of carbonyl (C=O) groups excluding carboxylic acids is 3. The van der Waals surface area contributed by atoms with Crippen LogP contribution < -0.4 is 10.6 Å². The zero-order chi connectivity index (χ0) is 16.2. The Hall–Kier alpha value is -2.32. The molecule has 0 saturated carbocycles. The molecule has 118 valence electrons. The molecule has 1 fully saturated rings. The van der Waals surface area contributed by atoms with Crippen molar-refractivity contribution in [3.05, 3.63) is 0 Å². The molecule has 1 aliphatic rings. The van der Waals surface area contributed by atoms with Gasteiger partial charge in [-0.3, -0.25) is 14.4 Å². The van der Waals surface area contributed by atoms with Crippen molar-refractivity contribution in [2.24, 2.45) is 0 Å². The quantitative estimate of drug-likeness (QED) is 0.581. The van der Waals surface area contributed by atoms with Gasteiger partial charge in [0.15, 0.2) is 0 Å². The first-order chi connectivity index (χ1) is 9.66. The van der Waals surface area contributed by atoms with Crippen molar-refractivity contribution in [1.29, 1.82) is 0 Å². The number of nitrogens with one attached hydrogen (secondary N) is 2. The average Bonchev–Trinajstić information content (AvgIpc) is 2.40. The number of aliphatic carboxylic acids is 1. The summed E-state index contributed by atoms with van der Waals surface area (Å²) < 4.78 is 0. The molecule has 0 aromatic carbocycles. The zero-order valence-corrected chi connectivity index (χ0v) is 12.3. The van der Waals surface area contributed by atoms with Gasteiger partial charge in [0.25, 0.3) is 0 Å². The van der Waals surface area contributed by atoms with E-state index in [1.165, 1.54) is 4.90 Å². The fraction of sp³-hybridized carbons (Fsp3) is 0.667. The Bertz CT molecular complexity index is 463. The minimum absolute atomic E-state index is 0.181. The number of hydrogen-bond donors (Lipinski definition) is 3. The van der Waals surface area contributed by atoms with E-state index >= 15 is 0 Å². The predicted molar refractivity (Wildman–Crippen MR) is 72.5 cm³/mol. The van der Waals surface area contributed by atoms with Crippen molar-refractivity contribution < 1.29 is 24.3 Å². The molecule has 0 unspecified atom stereocenters. The maximum absolute atomic E-state index is 12.1. The molecule has 0 aromatic heterocycles. The molecule has 9 heteroatoms. The number of urea groups is 1. The first kappa shape index (κ1) is 16.7. The van der Waals surface area contributed by atoms with Crippen molar-refractivity contribution in [2.45, 2.75) is 19.4 Å². The molecule has 4 amide bonds. The van der Waals surface area contributed by atoms with Crippen LogP contribution in [0.25, 0.3) is 0 Å². The Kier molecular flexibility index (Phi) is 5.12. The summed E-state index contributed by atoms with van der Waals surface area (Å²) in [7, 11) is 1.67. The van der Waals surface area contributed by atoms with E-state index in [1.54, 1.807) is 25.8 Å². The standard InChI is InChI=1S/C12H20N4O5/c1-12(2)10(20)15(3)4-5-16(12)11(21)14-6-8(17)13-7-9(18)19/h4-7H2,1-3H3,(H,13,17)(H,14,21)(H,18,19). The van der Waals surface area contributed by atoms with E-state index in [0.29, 0.717) is 13.1 Å². The zero-order valence-electron chi connectivity index (χ0n) is 12.3. The number of carboxylic acid groups (broad SMARTS) is 1. The van der Waals surface area contributed by atoms with Crippen LogP contribution in [-0.4, -0.2) is 77.5 Å². The maximum atomic E-state index is 12.1. The molecule has 0 atom stereocenters. The average molecular weight is 300 g/mol. The van der Waals surface area contributed by atoms with Crippen LogP contribution in [0, 0.1) is 0 Å². The summed E-state index contributed by atoms with van der Waals surface area (Å²) in [6, 6.07) is -0.535. The third-order valence-corrected chi connectivity index (χ3v) is 3.29. The van der Waals surface area contributed by atoms with Gasteiger partial charge in [0, 0.05) is 20.1 Å². The van der Waals surface area contributed by atoms with E-state index in [-0.39, 0.29) is 12.5 Å². The Labute approximate surface area is 122 Å². The topological polar surface area (TPSA) is 119 Å². The summed E-state index contributed by atoms with van der Waals surface area (Å²) in [4.78, 5) is 48.6. The lowest BCUT2D eigenvalue weighted by Crippen LogP contribution is -2.65.